The summed E-state index contributed by atoms with van der Waals surface area (Å²) in [4.78, 5) is 29.7. The maximum atomic E-state index is 13.4. The van der Waals surface area contributed by atoms with E-state index in [9.17, 15) is 14.7 Å². The van der Waals surface area contributed by atoms with Gasteiger partial charge in [0.2, 0.25) is 0 Å². The van der Waals surface area contributed by atoms with Crippen molar-refractivity contribution in [1.29, 1.82) is 0 Å². The van der Waals surface area contributed by atoms with Crippen molar-refractivity contribution in [1.82, 2.24) is 4.90 Å². The molecule has 0 spiro atoms. The summed E-state index contributed by atoms with van der Waals surface area (Å²) < 4.78 is 0. The maximum absolute atomic E-state index is 13.4. The summed E-state index contributed by atoms with van der Waals surface area (Å²) in [5, 5.41) is 13.0. The second kappa shape index (κ2) is 6.31. The zero-order valence-electron chi connectivity index (χ0n) is 14.4. The summed E-state index contributed by atoms with van der Waals surface area (Å²) in [5.74, 6) is -0.755. The minimum absolute atomic E-state index is 0.102. The molecule has 2 aliphatic heterocycles. The van der Waals surface area contributed by atoms with Crippen LogP contribution in [0.1, 0.15) is 16.8 Å². The van der Waals surface area contributed by atoms with Crippen molar-refractivity contribution in [2.45, 2.75) is 6.42 Å². The van der Waals surface area contributed by atoms with E-state index in [2.05, 4.69) is 10.2 Å². The van der Waals surface area contributed by atoms with Gasteiger partial charge in [-0.2, -0.15) is 0 Å². The number of aromatic hydroxyl groups is 1. The highest BCUT2D eigenvalue weighted by atomic mass is 16.3. The lowest BCUT2D eigenvalue weighted by Gasteiger charge is -2.28. The molecule has 2 aromatic carbocycles. The van der Waals surface area contributed by atoms with Crippen molar-refractivity contribution in [3.05, 3.63) is 59.7 Å². The van der Waals surface area contributed by atoms with Gasteiger partial charge in [0, 0.05) is 18.7 Å². The number of carbonyl (C=O) groups is 2. The minimum Gasteiger partial charge on any atom is -0.507 e. The van der Waals surface area contributed by atoms with Crippen LogP contribution in [0.15, 0.2) is 54.1 Å². The average Bonchev–Trinajstić information content (AvgIpc) is 2.76. The fourth-order valence-electron chi connectivity index (χ4n) is 3.36. The molecule has 2 heterocycles. The number of carbonyl (C=O) groups excluding carboxylic acids is 2. The number of amides is 2. The van der Waals surface area contributed by atoms with Gasteiger partial charge in [0.05, 0.1) is 17.1 Å². The number of hydrogen-bond donors (Lipinski definition) is 2. The monoisotopic (exact) mass is 349 g/mol. The number of fused-ring (bicyclic) bond motifs is 2. The van der Waals surface area contributed by atoms with Crippen molar-refractivity contribution in [3.8, 4) is 5.75 Å². The molecular formula is C20H19N3O3. The van der Waals surface area contributed by atoms with E-state index in [-0.39, 0.29) is 17.2 Å². The first-order chi connectivity index (χ1) is 12.6. The van der Waals surface area contributed by atoms with Gasteiger partial charge >= 0.3 is 0 Å². The predicted molar refractivity (Wildman–Crippen MR) is 99.8 cm³/mol. The Labute approximate surface area is 151 Å². The summed E-state index contributed by atoms with van der Waals surface area (Å²) in [6.45, 7) is 1.51. The Hall–Kier alpha value is -3.12. The topological polar surface area (TPSA) is 72.9 Å². The highest BCUT2D eigenvalue weighted by molar-refractivity contribution is 6.21. The van der Waals surface area contributed by atoms with Gasteiger partial charge in [0.15, 0.2) is 0 Å². The van der Waals surface area contributed by atoms with Gasteiger partial charge in [-0.25, -0.2) is 0 Å². The van der Waals surface area contributed by atoms with E-state index in [0.717, 1.165) is 6.54 Å². The van der Waals surface area contributed by atoms with Gasteiger partial charge in [-0.15, -0.1) is 0 Å². The number of nitrogens with one attached hydrogen (secondary N) is 1. The second-order valence-electron chi connectivity index (χ2n) is 6.52. The molecule has 0 radical (unpaired) electrons. The van der Waals surface area contributed by atoms with Crippen LogP contribution in [0, 0.1) is 0 Å². The molecule has 2 amide bonds. The lowest BCUT2D eigenvalue weighted by molar-refractivity contribution is -0.114. The van der Waals surface area contributed by atoms with Crippen LogP contribution in [0.5, 0.6) is 5.75 Å². The molecule has 4 rings (SSSR count). The van der Waals surface area contributed by atoms with Gasteiger partial charge in [-0.05, 0) is 37.7 Å². The zero-order valence-corrected chi connectivity index (χ0v) is 14.4. The average molecular weight is 349 g/mol. The number of nitrogens with zero attached hydrogens (tertiary/aromatic N) is 2. The quantitative estimate of drug-likeness (QED) is 0.830. The molecule has 0 atom stereocenters. The second-order valence-corrected chi connectivity index (χ2v) is 6.52. The predicted octanol–water partition coefficient (Wildman–Crippen LogP) is 2.88. The van der Waals surface area contributed by atoms with Crippen LogP contribution in [0.2, 0.25) is 0 Å². The molecule has 0 saturated carbocycles. The van der Waals surface area contributed by atoms with Gasteiger partial charge in [0.25, 0.3) is 11.8 Å². The van der Waals surface area contributed by atoms with Gasteiger partial charge in [-0.3, -0.25) is 14.5 Å². The molecular weight excluding hydrogens is 330 g/mol. The molecule has 26 heavy (non-hydrogen) atoms. The summed E-state index contributed by atoms with van der Waals surface area (Å²) >= 11 is 0. The van der Waals surface area contributed by atoms with E-state index in [4.69, 9.17) is 0 Å². The van der Waals surface area contributed by atoms with Crippen molar-refractivity contribution in [2.75, 3.05) is 30.4 Å². The molecule has 6 heteroatoms. The fraction of sp³-hybridized carbons (Fsp3) is 0.200. The molecule has 0 unspecified atom stereocenters. The highest BCUT2D eigenvalue weighted by Gasteiger charge is 2.32. The first kappa shape index (κ1) is 16.4. The number of rotatable bonds is 1. The molecule has 0 bridgehead atoms. The van der Waals surface area contributed by atoms with Gasteiger partial charge < -0.3 is 15.3 Å². The largest absolute Gasteiger partial charge is 0.507 e. The van der Waals surface area contributed by atoms with Crippen LogP contribution >= 0.6 is 0 Å². The third-order valence-electron chi connectivity index (χ3n) is 4.77. The molecule has 2 N–H and O–H groups in total. The first-order valence-electron chi connectivity index (χ1n) is 8.50. The molecule has 2 aromatic rings. The molecule has 132 valence electrons. The zero-order chi connectivity index (χ0) is 18.3. The van der Waals surface area contributed by atoms with Crippen LogP contribution < -0.4 is 10.2 Å². The van der Waals surface area contributed by atoms with Crippen molar-refractivity contribution in [2.24, 2.45) is 0 Å². The SMILES string of the molecule is CN1CC=C(C(=O)N2c3ccccc3NC(=O)c3c(O)cccc32)CC1. The number of benzene rings is 2. The number of phenolic OH excluding ortho intramolecular Hbond substituents is 1. The lowest BCUT2D eigenvalue weighted by Crippen LogP contribution is -2.33. The summed E-state index contributed by atoms with van der Waals surface area (Å²) in [6, 6.07) is 11.9. The molecule has 0 aliphatic carbocycles. The Morgan fingerprint density at radius 2 is 1.88 bits per heavy atom. The van der Waals surface area contributed by atoms with Crippen LogP contribution in [0.4, 0.5) is 17.1 Å². The third kappa shape index (κ3) is 2.64. The maximum Gasteiger partial charge on any atom is 0.261 e. The number of phenols is 1. The Kier molecular flexibility index (Phi) is 3.97. The molecule has 0 aromatic heterocycles. The van der Waals surface area contributed by atoms with Crippen LogP contribution in [-0.2, 0) is 4.79 Å². The Bertz CT molecular complexity index is 936. The van der Waals surface area contributed by atoms with E-state index in [1.807, 2.05) is 19.2 Å². The van der Waals surface area contributed by atoms with E-state index in [0.29, 0.717) is 35.6 Å². The van der Waals surface area contributed by atoms with Gasteiger partial charge in [-0.1, -0.05) is 24.3 Å². The summed E-state index contributed by atoms with van der Waals surface area (Å²) in [5.41, 5.74) is 2.33. The molecule has 2 aliphatic rings. The van der Waals surface area contributed by atoms with E-state index < -0.39 is 5.91 Å². The normalized spacial score (nSPS) is 16.9. The highest BCUT2D eigenvalue weighted by Crippen LogP contribution is 2.41. The van der Waals surface area contributed by atoms with Crippen molar-refractivity contribution >= 4 is 28.9 Å². The van der Waals surface area contributed by atoms with Crippen LogP contribution in [-0.4, -0.2) is 42.0 Å². The van der Waals surface area contributed by atoms with E-state index in [1.54, 1.807) is 30.3 Å². The summed E-state index contributed by atoms with van der Waals surface area (Å²) in [7, 11) is 2.01. The van der Waals surface area contributed by atoms with Crippen LogP contribution in [0.3, 0.4) is 0 Å². The molecule has 6 nitrogen and oxygen atoms in total. The van der Waals surface area contributed by atoms with Crippen molar-refractivity contribution < 1.29 is 14.7 Å². The third-order valence-corrected chi connectivity index (χ3v) is 4.77. The van der Waals surface area contributed by atoms with E-state index >= 15 is 0 Å². The Balaban J connectivity index is 1.90. The smallest absolute Gasteiger partial charge is 0.261 e. The van der Waals surface area contributed by atoms with Gasteiger partial charge in [0.1, 0.15) is 11.3 Å². The number of anilines is 3. The summed E-state index contributed by atoms with van der Waals surface area (Å²) in [6.07, 6.45) is 2.57. The van der Waals surface area contributed by atoms with E-state index in [1.165, 1.54) is 11.0 Å². The molecule has 0 saturated heterocycles. The Morgan fingerprint density at radius 1 is 1.12 bits per heavy atom. The van der Waals surface area contributed by atoms with Crippen LogP contribution in [0.25, 0.3) is 0 Å². The standard InChI is InChI=1S/C20H19N3O3/c1-22-11-9-13(10-12-22)20(26)23-15-6-3-2-5-14(15)21-19(25)18-16(23)7-4-8-17(18)24/h2-9,24H,10-12H2,1H3,(H,21,25). The lowest BCUT2D eigenvalue weighted by atomic mass is 10.0. The minimum atomic E-state index is -0.432. The van der Waals surface area contributed by atoms with Crippen molar-refractivity contribution in [3.63, 3.8) is 0 Å². The molecule has 0 fully saturated rings. The Morgan fingerprint density at radius 3 is 2.65 bits per heavy atom. The number of para-hydroxylation sites is 2. The first-order valence-corrected chi connectivity index (χ1v) is 8.50. The number of likely N-dealkylation sites (N-methyl/N-ethyl adjacent to an activating group) is 1. The fourth-order valence-corrected chi connectivity index (χ4v) is 3.36. The number of hydrogen-bond acceptors (Lipinski definition) is 4.